The van der Waals surface area contributed by atoms with Gasteiger partial charge in [0.25, 0.3) is 0 Å². The standard InChI is InChI=1S/C14H26N2O2/c15-11-7-6-10-14(16,13(17)18)12-8-4-2-1-3-5-9-12/h4,8,12H,1-3,5-7,9-11,15-16H2,(H,17,18)/b8-4+/t12?,14-/m1/s1. The van der Waals surface area contributed by atoms with Gasteiger partial charge in [0, 0.05) is 5.92 Å². The Kier molecular flexibility index (Phi) is 6.36. The van der Waals surface area contributed by atoms with Crippen molar-refractivity contribution in [1.82, 2.24) is 0 Å². The number of carbonyl (C=O) groups is 1. The molecule has 18 heavy (non-hydrogen) atoms. The lowest BCUT2D eigenvalue weighted by molar-refractivity contribution is -0.145. The monoisotopic (exact) mass is 254 g/mol. The van der Waals surface area contributed by atoms with Crippen LogP contribution in [0, 0.1) is 5.92 Å². The normalized spacial score (nSPS) is 25.8. The first-order chi connectivity index (χ1) is 8.61. The molecule has 0 radical (unpaired) electrons. The fourth-order valence-electron chi connectivity index (χ4n) is 2.60. The first-order valence-electron chi connectivity index (χ1n) is 7.00. The zero-order valence-electron chi connectivity index (χ0n) is 11.1. The van der Waals surface area contributed by atoms with Gasteiger partial charge in [0.15, 0.2) is 0 Å². The summed E-state index contributed by atoms with van der Waals surface area (Å²) in [6, 6.07) is 0. The van der Waals surface area contributed by atoms with Gasteiger partial charge in [0.05, 0.1) is 0 Å². The molecular weight excluding hydrogens is 228 g/mol. The van der Waals surface area contributed by atoms with Crippen molar-refractivity contribution >= 4 is 5.97 Å². The van der Waals surface area contributed by atoms with E-state index in [0.717, 1.165) is 32.1 Å². The average Bonchev–Trinajstić information content (AvgIpc) is 2.28. The van der Waals surface area contributed by atoms with E-state index in [4.69, 9.17) is 11.5 Å². The van der Waals surface area contributed by atoms with E-state index in [1.54, 1.807) is 0 Å². The minimum absolute atomic E-state index is 0.0481. The van der Waals surface area contributed by atoms with Crippen molar-refractivity contribution in [3.05, 3.63) is 12.2 Å². The number of nitrogens with two attached hydrogens (primary N) is 2. The fourth-order valence-corrected chi connectivity index (χ4v) is 2.60. The van der Waals surface area contributed by atoms with Gasteiger partial charge < -0.3 is 16.6 Å². The number of rotatable bonds is 6. The Morgan fingerprint density at radius 1 is 1.33 bits per heavy atom. The van der Waals surface area contributed by atoms with Crippen LogP contribution in [-0.4, -0.2) is 23.2 Å². The number of aliphatic carboxylic acids is 1. The van der Waals surface area contributed by atoms with Crippen LogP contribution in [0.2, 0.25) is 0 Å². The fraction of sp³-hybridized carbons (Fsp3) is 0.786. The SMILES string of the molecule is NCCCC[C@](N)(C(=O)O)C1/C=C/CCCCC1. The van der Waals surface area contributed by atoms with E-state index in [1.807, 2.05) is 6.08 Å². The van der Waals surface area contributed by atoms with Crippen molar-refractivity contribution in [1.29, 1.82) is 0 Å². The topological polar surface area (TPSA) is 89.3 Å². The molecular formula is C14H26N2O2. The highest BCUT2D eigenvalue weighted by Crippen LogP contribution is 2.29. The summed E-state index contributed by atoms with van der Waals surface area (Å²) in [5, 5.41) is 9.46. The second-order valence-corrected chi connectivity index (χ2v) is 5.26. The highest BCUT2D eigenvalue weighted by molar-refractivity contribution is 5.79. The van der Waals surface area contributed by atoms with Crippen LogP contribution in [0.25, 0.3) is 0 Å². The van der Waals surface area contributed by atoms with Gasteiger partial charge in [-0.3, -0.25) is 4.79 Å². The predicted molar refractivity (Wildman–Crippen MR) is 73.2 cm³/mol. The molecule has 0 saturated carbocycles. The predicted octanol–water partition coefficient (Wildman–Crippen LogP) is 2.03. The smallest absolute Gasteiger partial charge is 0.324 e. The Balaban J connectivity index is 2.73. The zero-order valence-corrected chi connectivity index (χ0v) is 11.1. The molecule has 0 amide bonds. The minimum Gasteiger partial charge on any atom is -0.480 e. The third-order valence-corrected chi connectivity index (χ3v) is 3.86. The maximum Gasteiger partial charge on any atom is 0.324 e. The van der Waals surface area contributed by atoms with Crippen molar-refractivity contribution in [3.63, 3.8) is 0 Å². The summed E-state index contributed by atoms with van der Waals surface area (Å²) in [6.45, 7) is 0.593. The van der Waals surface area contributed by atoms with E-state index in [0.29, 0.717) is 13.0 Å². The van der Waals surface area contributed by atoms with Crippen LogP contribution < -0.4 is 11.5 Å². The van der Waals surface area contributed by atoms with Gasteiger partial charge in [-0.1, -0.05) is 25.0 Å². The van der Waals surface area contributed by atoms with Gasteiger partial charge in [-0.05, 0) is 45.1 Å². The van der Waals surface area contributed by atoms with Gasteiger partial charge in [0.1, 0.15) is 5.54 Å². The van der Waals surface area contributed by atoms with Crippen molar-refractivity contribution in [3.8, 4) is 0 Å². The molecule has 4 nitrogen and oxygen atoms in total. The Hall–Kier alpha value is -0.870. The molecule has 1 aliphatic carbocycles. The van der Waals surface area contributed by atoms with Crippen molar-refractivity contribution in [2.45, 2.75) is 56.9 Å². The van der Waals surface area contributed by atoms with Crippen molar-refractivity contribution in [2.24, 2.45) is 17.4 Å². The third-order valence-electron chi connectivity index (χ3n) is 3.86. The molecule has 0 saturated heterocycles. The van der Waals surface area contributed by atoms with Gasteiger partial charge in [-0.15, -0.1) is 0 Å². The molecule has 1 unspecified atom stereocenters. The van der Waals surface area contributed by atoms with Gasteiger partial charge >= 0.3 is 5.97 Å². The van der Waals surface area contributed by atoms with E-state index in [9.17, 15) is 9.90 Å². The maximum atomic E-state index is 11.5. The first kappa shape index (κ1) is 15.2. The molecule has 104 valence electrons. The molecule has 0 fully saturated rings. The Labute approximate surface area is 109 Å². The highest BCUT2D eigenvalue weighted by atomic mass is 16.4. The van der Waals surface area contributed by atoms with Crippen LogP contribution >= 0.6 is 0 Å². The summed E-state index contributed by atoms with van der Waals surface area (Å²) in [7, 11) is 0. The summed E-state index contributed by atoms with van der Waals surface area (Å²) >= 11 is 0. The number of carboxylic acids is 1. The first-order valence-corrected chi connectivity index (χ1v) is 7.00. The van der Waals surface area contributed by atoms with E-state index in [-0.39, 0.29) is 5.92 Å². The van der Waals surface area contributed by atoms with Crippen LogP contribution in [-0.2, 0) is 4.79 Å². The van der Waals surface area contributed by atoms with Crippen molar-refractivity contribution in [2.75, 3.05) is 6.54 Å². The molecule has 1 aliphatic rings. The number of hydrogen-bond acceptors (Lipinski definition) is 3. The zero-order chi connectivity index (χ0) is 13.4. The van der Waals surface area contributed by atoms with Crippen molar-refractivity contribution < 1.29 is 9.90 Å². The van der Waals surface area contributed by atoms with Crippen LogP contribution in [0.15, 0.2) is 12.2 Å². The lowest BCUT2D eigenvalue weighted by atomic mass is 9.76. The number of hydrogen-bond donors (Lipinski definition) is 3. The molecule has 0 bridgehead atoms. The molecule has 0 aliphatic heterocycles. The van der Waals surface area contributed by atoms with E-state index in [2.05, 4.69) is 6.08 Å². The minimum atomic E-state index is -1.12. The molecule has 0 spiro atoms. The average molecular weight is 254 g/mol. The molecule has 5 N–H and O–H groups in total. The van der Waals surface area contributed by atoms with E-state index in [1.165, 1.54) is 12.8 Å². The quantitative estimate of drug-likeness (QED) is 0.500. The molecule has 0 aromatic carbocycles. The lowest BCUT2D eigenvalue weighted by Gasteiger charge is -2.33. The molecule has 0 aromatic rings. The highest BCUT2D eigenvalue weighted by Gasteiger charge is 2.40. The summed E-state index contributed by atoms with van der Waals surface area (Å²) in [4.78, 5) is 11.5. The number of unbranched alkanes of at least 4 members (excludes halogenated alkanes) is 1. The van der Waals surface area contributed by atoms with Gasteiger partial charge in [0.2, 0.25) is 0 Å². The molecule has 0 heterocycles. The third kappa shape index (κ3) is 4.10. The summed E-state index contributed by atoms with van der Waals surface area (Å²) < 4.78 is 0. The second-order valence-electron chi connectivity index (χ2n) is 5.26. The molecule has 4 heteroatoms. The number of carboxylic acid groups (broad SMARTS) is 1. The number of allylic oxidation sites excluding steroid dienone is 1. The summed E-state index contributed by atoms with van der Waals surface area (Å²) in [5.41, 5.74) is 10.5. The van der Waals surface area contributed by atoms with Gasteiger partial charge in [-0.25, -0.2) is 0 Å². The largest absolute Gasteiger partial charge is 0.480 e. The van der Waals surface area contributed by atoms with Gasteiger partial charge in [-0.2, -0.15) is 0 Å². The Bertz CT molecular complexity index is 292. The van der Waals surface area contributed by atoms with Crippen LogP contribution in [0.5, 0.6) is 0 Å². The Morgan fingerprint density at radius 2 is 2.11 bits per heavy atom. The molecule has 0 aromatic heterocycles. The van der Waals surface area contributed by atoms with E-state index >= 15 is 0 Å². The lowest BCUT2D eigenvalue weighted by Crippen LogP contribution is -2.53. The summed E-state index contributed by atoms with van der Waals surface area (Å²) in [5.74, 6) is -0.928. The van der Waals surface area contributed by atoms with Crippen LogP contribution in [0.3, 0.4) is 0 Å². The molecule has 1 rings (SSSR count). The second kappa shape index (κ2) is 7.54. The van der Waals surface area contributed by atoms with Crippen LogP contribution in [0.1, 0.15) is 51.4 Å². The van der Waals surface area contributed by atoms with E-state index < -0.39 is 11.5 Å². The maximum absolute atomic E-state index is 11.5. The van der Waals surface area contributed by atoms with Crippen LogP contribution in [0.4, 0.5) is 0 Å². The molecule has 2 atom stereocenters. The Morgan fingerprint density at radius 3 is 2.78 bits per heavy atom. The summed E-state index contributed by atoms with van der Waals surface area (Å²) in [6.07, 6.45) is 11.6.